The van der Waals surface area contributed by atoms with Crippen molar-refractivity contribution in [2.45, 2.75) is 95.6 Å². The lowest BCUT2D eigenvalue weighted by atomic mass is 9.92. The van der Waals surface area contributed by atoms with Gasteiger partial charge >= 0.3 is 0 Å². The first kappa shape index (κ1) is 31.4. The van der Waals surface area contributed by atoms with Crippen molar-refractivity contribution in [1.29, 1.82) is 0 Å². The Bertz CT molecular complexity index is 1250. The van der Waals surface area contributed by atoms with Crippen LogP contribution in [0.5, 0.6) is 0 Å². The number of rotatable bonds is 14. The van der Waals surface area contributed by atoms with Crippen LogP contribution in [-0.4, -0.2) is 70.8 Å². The van der Waals surface area contributed by atoms with Gasteiger partial charge in [-0.2, -0.15) is 0 Å². The van der Waals surface area contributed by atoms with Gasteiger partial charge in [-0.25, -0.2) is 0 Å². The minimum atomic E-state index is -0.882. The van der Waals surface area contributed by atoms with Crippen molar-refractivity contribution in [3.8, 4) is 0 Å². The molecule has 3 amide bonds. The molecule has 9 nitrogen and oxygen atoms in total. The van der Waals surface area contributed by atoms with Gasteiger partial charge in [-0.05, 0) is 56.6 Å². The average Bonchev–Trinajstić information content (AvgIpc) is 3.66. The van der Waals surface area contributed by atoms with Gasteiger partial charge in [-0.3, -0.25) is 19.2 Å². The number of nitrogens with two attached hydrogens (primary N) is 1. The third kappa shape index (κ3) is 7.83. The minimum Gasteiger partial charge on any atom is -0.361 e. The van der Waals surface area contributed by atoms with Gasteiger partial charge in [0, 0.05) is 12.5 Å². The predicted molar refractivity (Wildman–Crippen MR) is 160 cm³/mol. The Labute approximate surface area is 248 Å². The SMILES string of the molecule is CC(C)C[C@H](NC(=O)[C@H](Cc1ccccc1)N1C(=O)[C@@H](NC(=O)[C@@H](N)CCc2ccccc2)CC1C)C(=O)[C@@]1(C)CO1. The van der Waals surface area contributed by atoms with E-state index in [1.165, 1.54) is 0 Å². The number of carbonyl (C=O) groups excluding carboxylic acids is 4. The fourth-order valence-electron chi connectivity index (χ4n) is 5.66. The summed E-state index contributed by atoms with van der Waals surface area (Å²) in [6.45, 7) is 7.93. The highest BCUT2D eigenvalue weighted by atomic mass is 16.6. The second-order valence-electron chi connectivity index (χ2n) is 12.3. The smallest absolute Gasteiger partial charge is 0.246 e. The third-order valence-corrected chi connectivity index (χ3v) is 8.19. The predicted octanol–water partition coefficient (Wildman–Crippen LogP) is 2.55. The number of aryl methyl sites for hydroxylation is 1. The van der Waals surface area contributed by atoms with Crippen LogP contribution in [-0.2, 0) is 36.8 Å². The van der Waals surface area contributed by atoms with E-state index in [0.717, 1.165) is 11.1 Å². The van der Waals surface area contributed by atoms with Crippen molar-refractivity contribution in [1.82, 2.24) is 15.5 Å². The summed E-state index contributed by atoms with van der Waals surface area (Å²) in [5.74, 6) is -1.10. The second-order valence-corrected chi connectivity index (χ2v) is 12.3. The molecular formula is C33H44N4O5. The van der Waals surface area contributed by atoms with Gasteiger partial charge in [-0.15, -0.1) is 0 Å². The van der Waals surface area contributed by atoms with Crippen molar-refractivity contribution in [3.05, 3.63) is 71.8 Å². The van der Waals surface area contributed by atoms with E-state index in [0.29, 0.717) is 32.3 Å². The Morgan fingerprint density at radius 3 is 2.19 bits per heavy atom. The fourth-order valence-corrected chi connectivity index (χ4v) is 5.66. The Hall–Kier alpha value is -3.56. The van der Waals surface area contributed by atoms with Crippen molar-refractivity contribution in [3.63, 3.8) is 0 Å². The molecule has 0 aliphatic carbocycles. The van der Waals surface area contributed by atoms with E-state index in [4.69, 9.17) is 10.5 Å². The molecule has 4 rings (SSSR count). The first-order chi connectivity index (χ1) is 20.0. The minimum absolute atomic E-state index is 0.154. The number of ether oxygens (including phenoxy) is 1. The summed E-state index contributed by atoms with van der Waals surface area (Å²) < 4.78 is 5.39. The summed E-state index contributed by atoms with van der Waals surface area (Å²) >= 11 is 0. The van der Waals surface area contributed by atoms with E-state index < -0.39 is 35.7 Å². The van der Waals surface area contributed by atoms with Gasteiger partial charge in [0.15, 0.2) is 5.78 Å². The van der Waals surface area contributed by atoms with Crippen molar-refractivity contribution in [2.24, 2.45) is 11.7 Å². The average molecular weight is 577 g/mol. The molecule has 2 fully saturated rings. The molecule has 2 aromatic rings. The molecule has 1 unspecified atom stereocenters. The lowest BCUT2D eigenvalue weighted by Gasteiger charge is -2.32. The largest absolute Gasteiger partial charge is 0.361 e. The molecule has 2 aliphatic heterocycles. The van der Waals surface area contributed by atoms with Gasteiger partial charge in [0.05, 0.1) is 18.7 Å². The zero-order valence-electron chi connectivity index (χ0n) is 25.0. The number of ketones is 1. The molecule has 0 bridgehead atoms. The maximum absolute atomic E-state index is 13.9. The Balaban J connectivity index is 1.48. The van der Waals surface area contributed by atoms with Crippen LogP contribution >= 0.6 is 0 Å². The van der Waals surface area contributed by atoms with Crippen LogP contribution in [0.15, 0.2) is 60.7 Å². The lowest BCUT2D eigenvalue weighted by molar-refractivity contribution is -0.142. The molecule has 4 N–H and O–H groups in total. The molecule has 42 heavy (non-hydrogen) atoms. The van der Waals surface area contributed by atoms with Gasteiger partial charge in [-0.1, -0.05) is 74.5 Å². The van der Waals surface area contributed by atoms with Gasteiger partial charge in [0.25, 0.3) is 0 Å². The van der Waals surface area contributed by atoms with Crippen molar-refractivity contribution >= 4 is 23.5 Å². The van der Waals surface area contributed by atoms with Gasteiger partial charge in [0.2, 0.25) is 17.7 Å². The molecule has 2 saturated heterocycles. The molecule has 2 aromatic carbocycles. The number of Topliss-reactive ketones (excluding diaryl/α,β-unsaturated/α-hetero) is 1. The number of amides is 3. The molecule has 226 valence electrons. The highest BCUT2D eigenvalue weighted by molar-refractivity contribution is 5.99. The highest BCUT2D eigenvalue weighted by Gasteiger charge is 2.51. The number of nitrogens with one attached hydrogen (secondary N) is 2. The molecule has 2 aliphatic rings. The molecular weight excluding hydrogens is 532 g/mol. The first-order valence-corrected chi connectivity index (χ1v) is 14.9. The number of epoxide rings is 1. The number of hydrogen-bond acceptors (Lipinski definition) is 6. The maximum Gasteiger partial charge on any atom is 0.246 e. The van der Waals surface area contributed by atoms with Crippen LogP contribution < -0.4 is 16.4 Å². The van der Waals surface area contributed by atoms with Crippen LogP contribution in [0.2, 0.25) is 0 Å². The summed E-state index contributed by atoms with van der Waals surface area (Å²) in [6, 6.07) is 15.8. The van der Waals surface area contributed by atoms with E-state index in [-0.39, 0.29) is 36.0 Å². The van der Waals surface area contributed by atoms with E-state index in [1.807, 2.05) is 81.4 Å². The first-order valence-electron chi connectivity index (χ1n) is 14.9. The molecule has 6 atom stereocenters. The third-order valence-electron chi connectivity index (χ3n) is 8.19. The van der Waals surface area contributed by atoms with Crippen LogP contribution in [0.3, 0.4) is 0 Å². The van der Waals surface area contributed by atoms with Crippen molar-refractivity contribution < 1.29 is 23.9 Å². The second kappa shape index (κ2) is 13.6. The Morgan fingerprint density at radius 2 is 1.62 bits per heavy atom. The lowest BCUT2D eigenvalue weighted by Crippen LogP contribution is -2.57. The van der Waals surface area contributed by atoms with Gasteiger partial charge < -0.3 is 26.0 Å². The van der Waals surface area contributed by atoms with Crippen LogP contribution in [0.25, 0.3) is 0 Å². The highest BCUT2D eigenvalue weighted by Crippen LogP contribution is 2.30. The molecule has 0 spiro atoms. The summed E-state index contributed by atoms with van der Waals surface area (Å²) in [5.41, 5.74) is 7.28. The molecule has 0 radical (unpaired) electrons. The van der Waals surface area contributed by atoms with Crippen LogP contribution in [0, 0.1) is 5.92 Å². The molecule has 9 heteroatoms. The standard InChI is InChI=1S/C33H44N4O5/c1-21(2)17-26(29(38)33(4)20-42-33)35-31(40)28(19-24-13-9-6-10-14-24)37-22(3)18-27(32(37)41)36-30(39)25(34)16-15-23-11-7-5-8-12-23/h5-14,21-22,25-28H,15-20,34H2,1-4H3,(H,35,40)(H,36,39)/t22?,25-,26-,27-,28-,33+/m0/s1. The van der Waals surface area contributed by atoms with E-state index in [1.54, 1.807) is 11.8 Å². The number of benzene rings is 2. The number of nitrogens with zero attached hydrogens (tertiary/aromatic N) is 1. The van der Waals surface area contributed by atoms with E-state index >= 15 is 0 Å². The van der Waals surface area contributed by atoms with E-state index in [2.05, 4.69) is 10.6 Å². The summed E-state index contributed by atoms with van der Waals surface area (Å²) in [5, 5.41) is 5.81. The van der Waals surface area contributed by atoms with Crippen LogP contribution in [0.1, 0.15) is 58.1 Å². The number of carbonyl (C=O) groups is 4. The van der Waals surface area contributed by atoms with Crippen molar-refractivity contribution in [2.75, 3.05) is 6.61 Å². The zero-order chi connectivity index (χ0) is 30.4. The number of likely N-dealkylation sites (tertiary alicyclic amines) is 1. The summed E-state index contributed by atoms with van der Waals surface area (Å²) in [4.78, 5) is 55.4. The Morgan fingerprint density at radius 1 is 1.02 bits per heavy atom. The fraction of sp³-hybridized carbons (Fsp3) is 0.515. The topological polar surface area (TPSA) is 134 Å². The quantitative estimate of drug-likeness (QED) is 0.296. The molecule has 0 saturated carbocycles. The van der Waals surface area contributed by atoms with E-state index in [9.17, 15) is 19.2 Å². The molecule has 2 heterocycles. The number of hydrogen-bond donors (Lipinski definition) is 3. The Kier molecular flexibility index (Phi) is 10.2. The molecule has 0 aromatic heterocycles. The van der Waals surface area contributed by atoms with Gasteiger partial charge in [0.1, 0.15) is 17.7 Å². The summed E-state index contributed by atoms with van der Waals surface area (Å²) in [6.07, 6.45) is 2.19. The maximum atomic E-state index is 13.9. The normalized spacial score (nSPS) is 23.8. The zero-order valence-corrected chi connectivity index (χ0v) is 25.0. The monoisotopic (exact) mass is 576 g/mol. The van der Waals surface area contributed by atoms with Crippen LogP contribution in [0.4, 0.5) is 0 Å². The summed E-state index contributed by atoms with van der Waals surface area (Å²) in [7, 11) is 0.